The zero-order valence-corrected chi connectivity index (χ0v) is 28.3. The summed E-state index contributed by atoms with van der Waals surface area (Å²) in [6.45, 7) is 7.66. The number of benzene rings is 3. The largest absolute Gasteiger partial charge is 0.306 e. The van der Waals surface area contributed by atoms with Crippen LogP contribution in [0.3, 0.4) is 0 Å². The second-order valence-corrected chi connectivity index (χ2v) is 17.5. The summed E-state index contributed by atoms with van der Waals surface area (Å²) in [5.74, 6) is 1.26. The monoisotopic (exact) mass is 620 g/mol. The molecule has 1 spiro atoms. The molecule has 2 nitrogen and oxygen atoms in total. The molecule has 0 bridgehead atoms. The molecule has 0 saturated heterocycles. The summed E-state index contributed by atoms with van der Waals surface area (Å²) in [6.07, 6.45) is 20.8. The van der Waals surface area contributed by atoms with Crippen LogP contribution in [0.2, 0.25) is 0 Å². The van der Waals surface area contributed by atoms with Crippen LogP contribution in [0.1, 0.15) is 112 Å². The van der Waals surface area contributed by atoms with Gasteiger partial charge in [-0.2, -0.15) is 0 Å². The molecule has 5 atom stereocenters. The summed E-state index contributed by atoms with van der Waals surface area (Å²) in [4.78, 5) is 5.22. The molecule has 0 N–H and O–H groups in total. The molecule has 2 heteroatoms. The predicted octanol–water partition coefficient (Wildman–Crippen LogP) is 11.6. The molecule has 13 rings (SSSR count). The van der Waals surface area contributed by atoms with Gasteiger partial charge in [-0.15, -0.1) is 0 Å². The third-order valence-corrected chi connectivity index (χ3v) is 15.5. The quantitative estimate of drug-likeness (QED) is 0.179. The van der Waals surface area contributed by atoms with Crippen LogP contribution in [0.25, 0.3) is 60.9 Å². The number of rotatable bonds is 1. The molecular weight excluding hydrogens is 581 g/mol. The standard InChI is InChI=1S/C46H40N2/c1-24-14-26-19-38-41(31(26)15-24)42-35-18-27(29-10-6-11-30-28-9-5-4-8-25(28)16-32(29)30)17-34-33-20-36-37(21-39(33)48(43(34)35)40(42)22-47-38)45(3)23-46(45)13-7-12-44(36,46)2/h4,6,8,10-11,17-22,24,31H,5,7,9,12-16,23H2,1-3H3. The Labute approximate surface area is 281 Å². The van der Waals surface area contributed by atoms with Crippen molar-refractivity contribution in [3.8, 4) is 11.1 Å². The molecule has 7 aliphatic rings. The maximum Gasteiger partial charge on any atom is 0.0728 e. The van der Waals surface area contributed by atoms with Gasteiger partial charge in [-0.05, 0) is 154 Å². The van der Waals surface area contributed by atoms with Crippen molar-refractivity contribution >= 4 is 49.7 Å². The van der Waals surface area contributed by atoms with Crippen molar-refractivity contribution in [2.45, 2.75) is 95.3 Å². The molecular formula is C46H40N2. The van der Waals surface area contributed by atoms with Crippen LogP contribution in [0.5, 0.6) is 0 Å². The Morgan fingerprint density at radius 2 is 1.79 bits per heavy atom. The number of hydrogen-bond acceptors (Lipinski definition) is 1. The molecule has 234 valence electrons. The smallest absolute Gasteiger partial charge is 0.0728 e. The first kappa shape index (κ1) is 25.8. The van der Waals surface area contributed by atoms with Crippen molar-refractivity contribution < 1.29 is 0 Å². The molecule has 3 aromatic carbocycles. The zero-order valence-electron chi connectivity index (χ0n) is 28.3. The van der Waals surface area contributed by atoms with Crippen LogP contribution < -0.4 is 0 Å². The van der Waals surface area contributed by atoms with Gasteiger partial charge in [0.1, 0.15) is 0 Å². The highest BCUT2D eigenvalue weighted by molar-refractivity contribution is 6.25. The highest BCUT2D eigenvalue weighted by Crippen LogP contribution is 2.83. The SMILES string of the molecule is CC1CC2=Cc3ncc4c(c3C2C1)c1cc(-c2cccc3c2CC2=C3CCC=C2)cc2c3cc5c(cc3n4c21)C1(C)CC12CCCC52C. The van der Waals surface area contributed by atoms with E-state index in [4.69, 9.17) is 4.98 Å². The molecule has 7 aliphatic carbocycles. The van der Waals surface area contributed by atoms with Crippen LogP contribution in [-0.4, -0.2) is 9.38 Å². The number of hydrogen-bond donors (Lipinski definition) is 0. The first-order valence-corrected chi connectivity index (χ1v) is 18.8. The molecule has 3 fully saturated rings. The number of pyridine rings is 1. The molecule has 5 unspecified atom stereocenters. The molecule has 3 heterocycles. The van der Waals surface area contributed by atoms with E-state index >= 15 is 0 Å². The van der Waals surface area contributed by atoms with Crippen LogP contribution >= 0.6 is 0 Å². The lowest BCUT2D eigenvalue weighted by molar-refractivity contribution is 0.311. The third-order valence-electron chi connectivity index (χ3n) is 15.5. The van der Waals surface area contributed by atoms with Gasteiger partial charge in [-0.3, -0.25) is 4.98 Å². The average Bonchev–Trinajstić information content (AvgIpc) is 3.76. The maximum atomic E-state index is 5.22. The summed E-state index contributed by atoms with van der Waals surface area (Å²) in [7, 11) is 0. The van der Waals surface area contributed by atoms with Crippen molar-refractivity contribution in [1.29, 1.82) is 0 Å². The van der Waals surface area contributed by atoms with Gasteiger partial charge in [0, 0.05) is 27.5 Å². The van der Waals surface area contributed by atoms with E-state index in [9.17, 15) is 0 Å². The Kier molecular flexibility index (Phi) is 4.21. The van der Waals surface area contributed by atoms with Crippen molar-refractivity contribution in [3.05, 3.63) is 105 Å². The predicted molar refractivity (Wildman–Crippen MR) is 198 cm³/mol. The molecule has 0 amide bonds. The highest BCUT2D eigenvalue weighted by Gasteiger charge is 2.79. The average molecular weight is 621 g/mol. The Balaban J connectivity index is 1.16. The van der Waals surface area contributed by atoms with Gasteiger partial charge in [0.25, 0.3) is 0 Å². The molecule has 0 aliphatic heterocycles. The fourth-order valence-electron chi connectivity index (χ4n) is 13.4. The van der Waals surface area contributed by atoms with E-state index in [1.165, 1.54) is 122 Å². The fraction of sp³-hybridized carbons (Fsp3) is 0.370. The van der Waals surface area contributed by atoms with Gasteiger partial charge in [-0.25, -0.2) is 0 Å². The second kappa shape index (κ2) is 7.83. The minimum atomic E-state index is 0.310. The Bertz CT molecular complexity index is 2660. The first-order chi connectivity index (χ1) is 23.4. The lowest BCUT2D eigenvalue weighted by atomic mass is 9.74. The number of fused-ring (bicyclic) bond motifs is 15. The van der Waals surface area contributed by atoms with Crippen molar-refractivity contribution in [2.24, 2.45) is 11.3 Å². The Hall–Kier alpha value is -4.17. The summed E-state index contributed by atoms with van der Waals surface area (Å²) in [6, 6.07) is 17.6. The molecule has 6 aromatic rings. The minimum absolute atomic E-state index is 0.310. The molecule has 0 radical (unpaired) electrons. The molecule has 3 saturated carbocycles. The van der Waals surface area contributed by atoms with E-state index in [2.05, 4.69) is 92.1 Å². The Morgan fingerprint density at radius 3 is 2.73 bits per heavy atom. The van der Waals surface area contributed by atoms with Gasteiger partial charge in [0.2, 0.25) is 0 Å². The number of nitrogens with zero attached hydrogens (tertiary/aromatic N) is 2. The maximum absolute atomic E-state index is 5.22. The molecule has 3 aromatic heterocycles. The van der Waals surface area contributed by atoms with E-state index in [0.29, 0.717) is 22.2 Å². The van der Waals surface area contributed by atoms with Crippen molar-refractivity contribution in [1.82, 2.24) is 9.38 Å². The van der Waals surface area contributed by atoms with Gasteiger partial charge >= 0.3 is 0 Å². The van der Waals surface area contributed by atoms with Crippen molar-refractivity contribution in [3.63, 3.8) is 0 Å². The zero-order chi connectivity index (χ0) is 31.5. The van der Waals surface area contributed by atoms with Crippen LogP contribution in [0, 0.1) is 11.3 Å². The van der Waals surface area contributed by atoms with E-state index in [-0.39, 0.29) is 0 Å². The van der Waals surface area contributed by atoms with E-state index in [1.807, 2.05) is 0 Å². The van der Waals surface area contributed by atoms with Crippen molar-refractivity contribution in [2.75, 3.05) is 0 Å². The van der Waals surface area contributed by atoms with Gasteiger partial charge < -0.3 is 4.40 Å². The molecule has 48 heavy (non-hydrogen) atoms. The van der Waals surface area contributed by atoms with E-state index in [0.717, 1.165) is 18.8 Å². The lowest BCUT2D eigenvalue weighted by Crippen LogP contribution is -2.26. The summed E-state index contributed by atoms with van der Waals surface area (Å²) in [5, 5.41) is 5.80. The normalized spacial score (nSPS) is 31.9. The summed E-state index contributed by atoms with van der Waals surface area (Å²) >= 11 is 0. The van der Waals surface area contributed by atoms with Crippen LogP contribution in [-0.2, 0) is 17.3 Å². The summed E-state index contributed by atoms with van der Waals surface area (Å²) < 4.78 is 2.65. The summed E-state index contributed by atoms with van der Waals surface area (Å²) in [5.41, 5.74) is 21.9. The fourth-order valence-corrected chi connectivity index (χ4v) is 13.4. The van der Waals surface area contributed by atoms with Gasteiger partial charge in [0.05, 0.1) is 28.4 Å². The number of allylic oxidation sites excluding steroid dienone is 5. The highest BCUT2D eigenvalue weighted by atomic mass is 14.9. The minimum Gasteiger partial charge on any atom is -0.306 e. The number of aromatic nitrogens is 2. The second-order valence-electron chi connectivity index (χ2n) is 17.5. The third kappa shape index (κ3) is 2.60. The van der Waals surface area contributed by atoms with E-state index < -0.39 is 0 Å². The topological polar surface area (TPSA) is 17.3 Å². The van der Waals surface area contributed by atoms with Crippen LogP contribution in [0.4, 0.5) is 0 Å². The van der Waals surface area contributed by atoms with Gasteiger partial charge in [0.15, 0.2) is 0 Å². The van der Waals surface area contributed by atoms with E-state index in [1.54, 1.807) is 22.3 Å². The van der Waals surface area contributed by atoms with Gasteiger partial charge in [-0.1, -0.05) is 63.1 Å². The first-order valence-electron chi connectivity index (χ1n) is 18.8. The Morgan fingerprint density at radius 1 is 0.917 bits per heavy atom. The lowest BCUT2D eigenvalue weighted by Gasteiger charge is -2.29. The van der Waals surface area contributed by atoms with Crippen LogP contribution in [0.15, 0.2) is 72.0 Å².